The molecule has 1 aliphatic carbocycles. The predicted molar refractivity (Wildman–Crippen MR) is 85.3 cm³/mol. The van der Waals surface area contributed by atoms with Crippen LogP contribution in [0.3, 0.4) is 0 Å². The van der Waals surface area contributed by atoms with Crippen LogP contribution in [0.2, 0.25) is 0 Å². The Morgan fingerprint density at radius 2 is 1.65 bits per heavy atom. The van der Waals surface area contributed by atoms with Crippen molar-refractivity contribution in [3.8, 4) is 0 Å². The Bertz CT molecular complexity index is 197. The third kappa shape index (κ3) is 5.92. The molecular formula is C15H30S2. The van der Waals surface area contributed by atoms with Crippen LogP contribution in [0.25, 0.3) is 0 Å². The molecule has 0 aromatic rings. The fourth-order valence-electron chi connectivity index (χ4n) is 2.72. The lowest BCUT2D eigenvalue weighted by atomic mass is 9.90. The van der Waals surface area contributed by atoms with Crippen LogP contribution in [0.5, 0.6) is 0 Å². The zero-order valence-electron chi connectivity index (χ0n) is 12.0. The number of hydrogen-bond donors (Lipinski definition) is 1. The molecular weight excluding hydrogens is 244 g/mol. The number of thioether (sulfide) groups is 1. The van der Waals surface area contributed by atoms with Gasteiger partial charge in [0.05, 0.1) is 0 Å². The molecule has 0 saturated heterocycles. The van der Waals surface area contributed by atoms with Gasteiger partial charge in [-0.2, -0.15) is 24.4 Å². The Hall–Kier alpha value is 0.700. The molecule has 0 spiro atoms. The molecule has 1 aliphatic rings. The minimum absolute atomic E-state index is 0.682. The molecule has 0 aliphatic heterocycles. The highest BCUT2D eigenvalue weighted by atomic mass is 32.2. The van der Waals surface area contributed by atoms with Crippen molar-refractivity contribution < 1.29 is 0 Å². The van der Waals surface area contributed by atoms with E-state index in [4.69, 9.17) is 0 Å². The van der Waals surface area contributed by atoms with Crippen LogP contribution in [0, 0.1) is 11.8 Å². The minimum Gasteiger partial charge on any atom is -0.176 e. The van der Waals surface area contributed by atoms with Gasteiger partial charge in [0.2, 0.25) is 0 Å². The SMILES string of the molecule is CCC(C)C(C)CC(C)SC1CCC(S)CC1. The predicted octanol–water partition coefficient (Wildman–Crippen LogP) is 5.42. The molecule has 0 aromatic heterocycles. The topological polar surface area (TPSA) is 0 Å². The monoisotopic (exact) mass is 274 g/mol. The second-order valence-electron chi connectivity index (χ2n) is 5.98. The fourth-order valence-corrected chi connectivity index (χ4v) is 4.64. The second-order valence-corrected chi connectivity index (χ2v) is 8.45. The summed E-state index contributed by atoms with van der Waals surface area (Å²) in [5, 5.41) is 2.43. The van der Waals surface area contributed by atoms with Crippen molar-refractivity contribution >= 4 is 24.4 Å². The van der Waals surface area contributed by atoms with Crippen molar-refractivity contribution in [1.82, 2.24) is 0 Å². The van der Waals surface area contributed by atoms with Crippen LogP contribution in [0.4, 0.5) is 0 Å². The molecule has 0 N–H and O–H groups in total. The van der Waals surface area contributed by atoms with Crippen LogP contribution in [0.15, 0.2) is 0 Å². The zero-order chi connectivity index (χ0) is 12.8. The molecule has 1 rings (SSSR count). The van der Waals surface area contributed by atoms with E-state index >= 15 is 0 Å². The Morgan fingerprint density at radius 3 is 2.18 bits per heavy atom. The van der Waals surface area contributed by atoms with Gasteiger partial charge >= 0.3 is 0 Å². The highest BCUT2D eigenvalue weighted by molar-refractivity contribution is 8.00. The molecule has 0 radical (unpaired) electrons. The molecule has 3 atom stereocenters. The summed E-state index contributed by atoms with van der Waals surface area (Å²) in [4.78, 5) is 0. The third-order valence-electron chi connectivity index (χ3n) is 4.39. The first-order valence-corrected chi connectivity index (χ1v) is 8.82. The first kappa shape index (κ1) is 15.8. The largest absolute Gasteiger partial charge is 0.176 e. The van der Waals surface area contributed by atoms with Crippen molar-refractivity contribution in [2.45, 2.75) is 82.0 Å². The van der Waals surface area contributed by atoms with Crippen molar-refractivity contribution in [2.24, 2.45) is 11.8 Å². The first-order chi connectivity index (χ1) is 8.02. The summed E-state index contributed by atoms with van der Waals surface area (Å²) in [6.07, 6.45) is 8.15. The Kier molecular flexibility index (Phi) is 7.40. The maximum Gasteiger partial charge on any atom is 0.00505 e. The van der Waals surface area contributed by atoms with E-state index in [1.165, 1.54) is 38.5 Å². The molecule has 0 aromatic carbocycles. The fraction of sp³-hybridized carbons (Fsp3) is 1.00. The summed E-state index contributed by atoms with van der Waals surface area (Å²) in [6, 6.07) is 0. The van der Waals surface area contributed by atoms with E-state index in [0.29, 0.717) is 5.25 Å². The van der Waals surface area contributed by atoms with Crippen LogP contribution < -0.4 is 0 Å². The van der Waals surface area contributed by atoms with Gasteiger partial charge in [0.1, 0.15) is 0 Å². The van der Waals surface area contributed by atoms with E-state index in [1.807, 2.05) is 0 Å². The maximum atomic E-state index is 4.58. The molecule has 3 unspecified atom stereocenters. The van der Waals surface area contributed by atoms with E-state index in [-0.39, 0.29) is 0 Å². The van der Waals surface area contributed by atoms with E-state index in [0.717, 1.165) is 22.3 Å². The molecule has 0 amide bonds. The highest BCUT2D eigenvalue weighted by Gasteiger charge is 2.22. The smallest absolute Gasteiger partial charge is 0.00505 e. The van der Waals surface area contributed by atoms with Crippen LogP contribution in [-0.2, 0) is 0 Å². The van der Waals surface area contributed by atoms with Gasteiger partial charge in [-0.1, -0.05) is 34.1 Å². The molecule has 17 heavy (non-hydrogen) atoms. The van der Waals surface area contributed by atoms with Crippen LogP contribution >= 0.6 is 24.4 Å². The average Bonchev–Trinajstić information content (AvgIpc) is 2.30. The Balaban J connectivity index is 2.22. The van der Waals surface area contributed by atoms with Gasteiger partial charge in [-0.25, -0.2) is 0 Å². The van der Waals surface area contributed by atoms with Gasteiger partial charge in [-0.3, -0.25) is 0 Å². The Morgan fingerprint density at radius 1 is 1.06 bits per heavy atom. The summed E-state index contributed by atoms with van der Waals surface area (Å²) in [5.74, 6) is 1.76. The van der Waals surface area contributed by atoms with Gasteiger partial charge in [-0.15, -0.1) is 0 Å². The summed E-state index contributed by atoms with van der Waals surface area (Å²) < 4.78 is 0. The van der Waals surface area contributed by atoms with Gasteiger partial charge in [0, 0.05) is 15.7 Å². The lowest BCUT2D eigenvalue weighted by Gasteiger charge is -2.29. The number of hydrogen-bond acceptors (Lipinski definition) is 2. The average molecular weight is 275 g/mol. The van der Waals surface area contributed by atoms with Crippen molar-refractivity contribution in [1.29, 1.82) is 0 Å². The second kappa shape index (κ2) is 7.99. The van der Waals surface area contributed by atoms with E-state index in [2.05, 4.69) is 52.1 Å². The lowest BCUT2D eigenvalue weighted by Crippen LogP contribution is -2.20. The molecule has 0 bridgehead atoms. The normalized spacial score (nSPS) is 30.9. The minimum atomic E-state index is 0.682. The number of thiol groups is 1. The van der Waals surface area contributed by atoms with Gasteiger partial charge in [0.15, 0.2) is 0 Å². The summed E-state index contributed by atoms with van der Waals surface area (Å²) in [6.45, 7) is 9.56. The molecule has 1 saturated carbocycles. The Labute approximate surface area is 118 Å². The van der Waals surface area contributed by atoms with E-state index in [1.54, 1.807) is 0 Å². The first-order valence-electron chi connectivity index (χ1n) is 7.36. The van der Waals surface area contributed by atoms with Crippen molar-refractivity contribution in [2.75, 3.05) is 0 Å². The van der Waals surface area contributed by atoms with Crippen LogP contribution in [0.1, 0.15) is 66.2 Å². The molecule has 102 valence electrons. The van der Waals surface area contributed by atoms with E-state index < -0.39 is 0 Å². The summed E-state index contributed by atoms with van der Waals surface area (Å²) in [7, 11) is 0. The van der Waals surface area contributed by atoms with Gasteiger partial charge in [-0.05, 0) is 43.9 Å². The standard InChI is InChI=1S/C15H30S2/c1-5-11(2)12(3)10-13(4)17-15-8-6-14(16)7-9-15/h11-16H,5-10H2,1-4H3. The summed E-state index contributed by atoms with van der Waals surface area (Å²) in [5.41, 5.74) is 0. The zero-order valence-corrected chi connectivity index (χ0v) is 13.7. The lowest BCUT2D eigenvalue weighted by molar-refractivity contribution is 0.355. The summed E-state index contributed by atoms with van der Waals surface area (Å²) >= 11 is 6.82. The molecule has 0 nitrogen and oxygen atoms in total. The van der Waals surface area contributed by atoms with Crippen molar-refractivity contribution in [3.63, 3.8) is 0 Å². The van der Waals surface area contributed by atoms with Gasteiger partial charge < -0.3 is 0 Å². The molecule has 2 heteroatoms. The quantitative estimate of drug-likeness (QED) is 0.631. The van der Waals surface area contributed by atoms with Crippen LogP contribution in [-0.4, -0.2) is 15.7 Å². The van der Waals surface area contributed by atoms with E-state index in [9.17, 15) is 0 Å². The maximum absolute atomic E-state index is 4.58. The van der Waals surface area contributed by atoms with Crippen molar-refractivity contribution in [3.05, 3.63) is 0 Å². The highest BCUT2D eigenvalue weighted by Crippen LogP contribution is 2.35. The molecule has 1 fully saturated rings. The molecule has 0 heterocycles. The number of rotatable bonds is 6. The van der Waals surface area contributed by atoms with Gasteiger partial charge in [0.25, 0.3) is 0 Å². The third-order valence-corrected chi connectivity index (χ3v) is 6.42.